The Morgan fingerprint density at radius 3 is 2.89 bits per heavy atom. The summed E-state index contributed by atoms with van der Waals surface area (Å²) in [5.41, 5.74) is 2.28. The maximum absolute atomic E-state index is 9.42. The van der Waals surface area contributed by atoms with Gasteiger partial charge in [-0.2, -0.15) is 0 Å². The largest absolute Gasteiger partial charge is 0.507 e. The smallest absolute Gasteiger partial charge is 0.129 e. The summed E-state index contributed by atoms with van der Waals surface area (Å²) in [4.78, 5) is 4.11. The summed E-state index contributed by atoms with van der Waals surface area (Å²) in [6, 6.07) is 9.74. The SMILES string of the molecule is C[C@H](NCc1ccc(O)c(Br)c1)c1cccnc1. The van der Waals surface area contributed by atoms with Crippen LogP contribution in [0.1, 0.15) is 24.1 Å². The van der Waals surface area contributed by atoms with Crippen LogP contribution in [0.4, 0.5) is 0 Å². The number of aromatic nitrogens is 1. The lowest BCUT2D eigenvalue weighted by Crippen LogP contribution is -2.18. The van der Waals surface area contributed by atoms with E-state index in [-0.39, 0.29) is 11.8 Å². The zero-order valence-electron chi connectivity index (χ0n) is 10.1. The van der Waals surface area contributed by atoms with Crippen LogP contribution in [0.3, 0.4) is 0 Å². The van der Waals surface area contributed by atoms with Gasteiger partial charge >= 0.3 is 0 Å². The summed E-state index contributed by atoms with van der Waals surface area (Å²) in [5, 5.41) is 12.8. The van der Waals surface area contributed by atoms with Gasteiger partial charge in [-0.25, -0.2) is 0 Å². The number of rotatable bonds is 4. The molecule has 0 unspecified atom stereocenters. The average Bonchev–Trinajstić information content (AvgIpc) is 2.41. The highest BCUT2D eigenvalue weighted by Gasteiger charge is 2.05. The molecule has 0 spiro atoms. The molecular formula is C14H15BrN2O. The second-order valence-electron chi connectivity index (χ2n) is 4.17. The van der Waals surface area contributed by atoms with E-state index in [1.165, 1.54) is 0 Å². The highest BCUT2D eigenvalue weighted by Crippen LogP contribution is 2.24. The quantitative estimate of drug-likeness (QED) is 0.910. The highest BCUT2D eigenvalue weighted by atomic mass is 79.9. The van der Waals surface area contributed by atoms with Crippen molar-refractivity contribution in [2.45, 2.75) is 19.5 Å². The molecule has 0 saturated carbocycles. The molecule has 0 fully saturated rings. The van der Waals surface area contributed by atoms with Crippen LogP contribution >= 0.6 is 15.9 Å². The third kappa shape index (κ3) is 3.31. The Morgan fingerprint density at radius 1 is 1.39 bits per heavy atom. The van der Waals surface area contributed by atoms with Crippen molar-refractivity contribution in [1.29, 1.82) is 0 Å². The van der Waals surface area contributed by atoms with E-state index in [1.54, 1.807) is 12.3 Å². The van der Waals surface area contributed by atoms with Crippen molar-refractivity contribution < 1.29 is 5.11 Å². The zero-order valence-corrected chi connectivity index (χ0v) is 11.7. The predicted molar refractivity (Wildman–Crippen MR) is 75.3 cm³/mol. The first kappa shape index (κ1) is 13.1. The summed E-state index contributed by atoms with van der Waals surface area (Å²) in [5.74, 6) is 0.263. The van der Waals surface area contributed by atoms with Gasteiger partial charge in [-0.05, 0) is 52.2 Å². The lowest BCUT2D eigenvalue weighted by molar-refractivity contribution is 0.471. The molecule has 1 aromatic carbocycles. The van der Waals surface area contributed by atoms with Crippen LogP contribution in [0.15, 0.2) is 47.2 Å². The first-order chi connectivity index (χ1) is 8.66. The Morgan fingerprint density at radius 2 is 2.22 bits per heavy atom. The summed E-state index contributed by atoms with van der Waals surface area (Å²) < 4.78 is 0.718. The lowest BCUT2D eigenvalue weighted by Gasteiger charge is -2.14. The molecular weight excluding hydrogens is 292 g/mol. The van der Waals surface area contributed by atoms with E-state index >= 15 is 0 Å². The van der Waals surface area contributed by atoms with E-state index in [0.29, 0.717) is 0 Å². The fraction of sp³-hybridized carbons (Fsp3) is 0.214. The third-order valence-corrected chi connectivity index (χ3v) is 3.44. The summed E-state index contributed by atoms with van der Waals surface area (Å²) in [7, 11) is 0. The Kier molecular flexibility index (Phi) is 4.33. The number of pyridine rings is 1. The van der Waals surface area contributed by atoms with Crippen LogP contribution in [-0.4, -0.2) is 10.1 Å². The van der Waals surface area contributed by atoms with Crippen molar-refractivity contribution in [2.75, 3.05) is 0 Å². The van der Waals surface area contributed by atoms with Gasteiger partial charge in [0.2, 0.25) is 0 Å². The monoisotopic (exact) mass is 306 g/mol. The van der Waals surface area contributed by atoms with Gasteiger partial charge in [0, 0.05) is 25.0 Å². The summed E-state index contributed by atoms with van der Waals surface area (Å²) in [6.07, 6.45) is 3.64. The fourth-order valence-corrected chi connectivity index (χ4v) is 2.11. The molecule has 0 aliphatic carbocycles. The van der Waals surface area contributed by atoms with E-state index in [0.717, 1.165) is 22.1 Å². The Balaban J connectivity index is 1.97. The molecule has 0 radical (unpaired) electrons. The first-order valence-electron chi connectivity index (χ1n) is 5.77. The number of nitrogens with one attached hydrogen (secondary N) is 1. The number of benzene rings is 1. The molecule has 18 heavy (non-hydrogen) atoms. The van der Waals surface area contributed by atoms with Crippen LogP contribution in [0.5, 0.6) is 5.75 Å². The molecule has 1 heterocycles. The van der Waals surface area contributed by atoms with E-state index in [9.17, 15) is 5.11 Å². The summed E-state index contributed by atoms with van der Waals surface area (Å²) in [6.45, 7) is 2.85. The topological polar surface area (TPSA) is 45.1 Å². The van der Waals surface area contributed by atoms with Gasteiger partial charge in [0.05, 0.1) is 4.47 Å². The molecule has 3 nitrogen and oxygen atoms in total. The van der Waals surface area contributed by atoms with Crippen LogP contribution in [0.25, 0.3) is 0 Å². The van der Waals surface area contributed by atoms with E-state index in [1.807, 2.05) is 24.4 Å². The minimum Gasteiger partial charge on any atom is -0.507 e. The maximum atomic E-state index is 9.42. The second kappa shape index (κ2) is 5.98. The number of phenolic OH excluding ortho intramolecular Hbond substituents is 1. The molecule has 94 valence electrons. The number of hydrogen-bond acceptors (Lipinski definition) is 3. The third-order valence-electron chi connectivity index (χ3n) is 2.81. The standard InChI is InChI=1S/C14H15BrN2O/c1-10(12-3-2-6-16-9-12)17-8-11-4-5-14(18)13(15)7-11/h2-7,9-10,17-18H,8H2,1H3/t10-/m0/s1. The van der Waals surface area contributed by atoms with Crippen molar-refractivity contribution in [3.05, 3.63) is 58.3 Å². The molecule has 2 rings (SSSR count). The van der Waals surface area contributed by atoms with Gasteiger partial charge in [0.15, 0.2) is 0 Å². The van der Waals surface area contributed by atoms with Crippen LogP contribution in [0, 0.1) is 0 Å². The molecule has 1 atom stereocenters. The highest BCUT2D eigenvalue weighted by molar-refractivity contribution is 9.10. The number of halogens is 1. The average molecular weight is 307 g/mol. The predicted octanol–water partition coefficient (Wildman–Crippen LogP) is 3.40. The molecule has 1 aromatic heterocycles. The number of aromatic hydroxyl groups is 1. The van der Waals surface area contributed by atoms with Crippen LogP contribution in [-0.2, 0) is 6.54 Å². The minimum atomic E-state index is 0.242. The Hall–Kier alpha value is -1.39. The number of hydrogen-bond donors (Lipinski definition) is 2. The van der Waals surface area contributed by atoms with Gasteiger partial charge < -0.3 is 10.4 Å². The minimum absolute atomic E-state index is 0.242. The molecule has 0 bridgehead atoms. The normalized spacial score (nSPS) is 12.3. The van der Waals surface area contributed by atoms with Crippen LogP contribution < -0.4 is 5.32 Å². The Bertz CT molecular complexity index is 516. The van der Waals surface area contributed by atoms with Crippen molar-refractivity contribution in [1.82, 2.24) is 10.3 Å². The molecule has 2 aromatic rings. The summed E-state index contributed by atoms with van der Waals surface area (Å²) >= 11 is 3.31. The molecule has 0 aliphatic heterocycles. The molecule has 4 heteroatoms. The van der Waals surface area contributed by atoms with Crippen molar-refractivity contribution in [3.63, 3.8) is 0 Å². The van der Waals surface area contributed by atoms with Gasteiger partial charge in [-0.3, -0.25) is 4.98 Å². The van der Waals surface area contributed by atoms with Crippen LogP contribution in [0.2, 0.25) is 0 Å². The first-order valence-corrected chi connectivity index (χ1v) is 6.57. The van der Waals surface area contributed by atoms with Crippen molar-refractivity contribution in [2.24, 2.45) is 0 Å². The number of phenols is 1. The molecule has 0 amide bonds. The van der Waals surface area contributed by atoms with Gasteiger partial charge in [-0.15, -0.1) is 0 Å². The Labute approximate surface area is 115 Å². The van der Waals surface area contributed by atoms with Crippen molar-refractivity contribution >= 4 is 15.9 Å². The lowest BCUT2D eigenvalue weighted by atomic mass is 10.1. The van der Waals surface area contributed by atoms with Gasteiger partial charge in [-0.1, -0.05) is 12.1 Å². The van der Waals surface area contributed by atoms with Gasteiger partial charge in [0.25, 0.3) is 0 Å². The fourth-order valence-electron chi connectivity index (χ4n) is 1.68. The molecule has 0 saturated heterocycles. The zero-order chi connectivity index (χ0) is 13.0. The van der Waals surface area contributed by atoms with E-state index in [4.69, 9.17) is 0 Å². The molecule has 0 aliphatic rings. The van der Waals surface area contributed by atoms with Gasteiger partial charge in [0.1, 0.15) is 5.75 Å². The number of nitrogens with zero attached hydrogens (tertiary/aromatic N) is 1. The molecule has 2 N–H and O–H groups in total. The second-order valence-corrected chi connectivity index (χ2v) is 5.03. The van der Waals surface area contributed by atoms with E-state index < -0.39 is 0 Å². The van der Waals surface area contributed by atoms with E-state index in [2.05, 4.69) is 39.2 Å². The van der Waals surface area contributed by atoms with Crippen molar-refractivity contribution in [3.8, 4) is 5.75 Å². The maximum Gasteiger partial charge on any atom is 0.129 e.